The van der Waals surface area contributed by atoms with E-state index in [-0.39, 0.29) is 38.0 Å². The van der Waals surface area contributed by atoms with Crippen molar-refractivity contribution in [1.29, 1.82) is 0 Å². The summed E-state index contributed by atoms with van der Waals surface area (Å²) in [6.45, 7) is 0. The van der Waals surface area contributed by atoms with Crippen LogP contribution in [-0.2, 0) is 14.4 Å². The Morgan fingerprint density at radius 2 is 1.20 bits per heavy atom. The van der Waals surface area contributed by atoms with Crippen molar-refractivity contribution in [1.82, 2.24) is 0 Å². The van der Waals surface area contributed by atoms with E-state index in [2.05, 4.69) is 0 Å². The van der Waals surface area contributed by atoms with Gasteiger partial charge in [0.25, 0.3) is 0 Å². The van der Waals surface area contributed by atoms with Crippen LogP contribution < -0.4 is 29.6 Å². The van der Waals surface area contributed by atoms with Gasteiger partial charge in [-0.2, -0.15) is 0 Å². The zero-order chi connectivity index (χ0) is 10.6. The fraction of sp³-hybridized carbons (Fsp3) is 0.500. The molecular weight excluding hydrogens is 218 g/mol. The van der Waals surface area contributed by atoms with E-state index in [1.54, 1.807) is 0 Å². The van der Waals surface area contributed by atoms with Crippen LogP contribution in [0.15, 0.2) is 0 Å². The Kier molecular flexibility index (Phi) is 10.2. The fourth-order valence-electron chi connectivity index (χ4n) is 0.714. The number of rotatable bonds is 5. The predicted molar refractivity (Wildman–Crippen MR) is 42.8 cm³/mol. The van der Waals surface area contributed by atoms with Crippen molar-refractivity contribution < 1.29 is 64.4 Å². The monoisotopic (exact) mass is 226 g/mol. The first kappa shape index (κ1) is 19.9. The Labute approximate surface area is 109 Å². The summed E-state index contributed by atoms with van der Waals surface area (Å²) in [6, 6.07) is 0. The molecule has 0 aromatic rings. The van der Waals surface area contributed by atoms with Crippen molar-refractivity contribution in [3.63, 3.8) is 0 Å². The average Bonchev–Trinajstić information content (AvgIpc) is 1.82. The Bertz CT molecular complexity index is 238. The summed E-state index contributed by atoms with van der Waals surface area (Å²) < 4.78 is 0. The standard InChI is InChI=1S/C6H8O7.B.Na/c7-3(8)1-6(13,5(11)12)2-4(9)10;;/h13H,1-2H2,(H,7,8)(H,9,10)(H,11,12);;/q;+3;+1. The van der Waals surface area contributed by atoms with Gasteiger partial charge in [0, 0.05) is 0 Å². The molecule has 0 rings (SSSR count). The third-order valence-corrected chi connectivity index (χ3v) is 1.29. The average molecular weight is 226 g/mol. The topological polar surface area (TPSA) is 132 Å². The molecular formula is C6H8BNaO7+4. The minimum absolute atomic E-state index is 0. The molecule has 0 fully saturated rings. The maximum atomic E-state index is 10.3. The van der Waals surface area contributed by atoms with Crippen molar-refractivity contribution in [3.05, 3.63) is 0 Å². The van der Waals surface area contributed by atoms with Gasteiger partial charge in [-0.3, -0.25) is 9.59 Å². The van der Waals surface area contributed by atoms with Crippen molar-refractivity contribution in [3.8, 4) is 0 Å². The van der Waals surface area contributed by atoms with Crippen LogP contribution in [0.3, 0.4) is 0 Å². The quantitative estimate of drug-likeness (QED) is 0.346. The molecule has 15 heavy (non-hydrogen) atoms. The summed E-state index contributed by atoms with van der Waals surface area (Å²) in [4.78, 5) is 30.5. The zero-order valence-corrected chi connectivity index (χ0v) is 10.0. The molecule has 0 aromatic heterocycles. The first-order valence-corrected chi connectivity index (χ1v) is 3.17. The first-order valence-electron chi connectivity index (χ1n) is 3.17. The van der Waals surface area contributed by atoms with Gasteiger partial charge in [0.05, 0.1) is 12.8 Å². The second-order valence-corrected chi connectivity index (χ2v) is 2.48. The van der Waals surface area contributed by atoms with Gasteiger partial charge in [0.2, 0.25) is 0 Å². The number of aliphatic carboxylic acids is 3. The van der Waals surface area contributed by atoms with Crippen LogP contribution in [0.4, 0.5) is 0 Å². The summed E-state index contributed by atoms with van der Waals surface area (Å²) in [5.41, 5.74) is -2.74. The first-order chi connectivity index (χ1) is 5.78. The maximum absolute atomic E-state index is 10.3. The largest absolute Gasteiger partial charge is 3.00 e. The van der Waals surface area contributed by atoms with Crippen LogP contribution >= 0.6 is 0 Å². The van der Waals surface area contributed by atoms with Gasteiger partial charge in [-0.25, -0.2) is 4.79 Å². The molecule has 0 aliphatic heterocycles. The van der Waals surface area contributed by atoms with Gasteiger partial charge < -0.3 is 20.4 Å². The Balaban J connectivity index is -0.000000720. The SMILES string of the molecule is O=C(O)CC(O)(CC(=O)O)C(=O)O.[B+3].[Na+]. The van der Waals surface area contributed by atoms with E-state index in [1.165, 1.54) is 0 Å². The van der Waals surface area contributed by atoms with Crippen molar-refractivity contribution in [2.75, 3.05) is 0 Å². The predicted octanol–water partition coefficient (Wildman–Crippen LogP) is -4.63. The normalized spacial score (nSPS) is 9.40. The number of aliphatic hydroxyl groups is 1. The molecule has 0 saturated heterocycles. The van der Waals surface area contributed by atoms with E-state index < -0.39 is 36.4 Å². The van der Waals surface area contributed by atoms with E-state index >= 15 is 0 Å². The molecule has 0 atom stereocenters. The second-order valence-electron chi connectivity index (χ2n) is 2.48. The van der Waals surface area contributed by atoms with Crippen molar-refractivity contribution in [2.45, 2.75) is 18.4 Å². The summed E-state index contributed by atoms with van der Waals surface area (Å²) in [6.07, 6.45) is -2.29. The Hall–Kier alpha value is -0.565. The minimum atomic E-state index is -2.74. The third-order valence-electron chi connectivity index (χ3n) is 1.29. The molecule has 0 bridgehead atoms. The molecule has 4 N–H and O–H groups in total. The second kappa shape index (κ2) is 7.69. The Morgan fingerprint density at radius 1 is 0.933 bits per heavy atom. The smallest absolute Gasteiger partial charge is 0.481 e. The van der Waals surface area contributed by atoms with Gasteiger partial charge in [-0.15, -0.1) is 0 Å². The zero-order valence-electron chi connectivity index (χ0n) is 8.01. The van der Waals surface area contributed by atoms with Crippen molar-refractivity contribution in [2.24, 2.45) is 0 Å². The van der Waals surface area contributed by atoms with Crippen LogP contribution in [0.1, 0.15) is 12.8 Å². The number of carboxylic acids is 3. The molecule has 0 saturated carbocycles. The summed E-state index contributed by atoms with van der Waals surface area (Å²) in [5.74, 6) is -5.02. The van der Waals surface area contributed by atoms with Crippen LogP contribution in [-0.4, -0.2) is 52.3 Å². The molecule has 0 aliphatic rings. The molecule has 0 aliphatic carbocycles. The molecule has 0 aromatic carbocycles. The molecule has 7 nitrogen and oxygen atoms in total. The molecule has 0 amide bonds. The molecule has 0 heterocycles. The molecule has 9 heteroatoms. The molecule has 0 radical (unpaired) electrons. The summed E-state index contributed by atoms with van der Waals surface area (Å²) >= 11 is 0. The van der Waals surface area contributed by atoms with Gasteiger partial charge in [0.15, 0.2) is 5.60 Å². The Morgan fingerprint density at radius 3 is 1.33 bits per heavy atom. The maximum Gasteiger partial charge on any atom is 3.00 e. The minimum Gasteiger partial charge on any atom is -0.481 e. The van der Waals surface area contributed by atoms with Crippen LogP contribution in [0.2, 0.25) is 0 Å². The number of carbonyl (C=O) groups is 3. The van der Waals surface area contributed by atoms with Crippen molar-refractivity contribution >= 4 is 26.3 Å². The summed E-state index contributed by atoms with van der Waals surface area (Å²) in [5, 5.41) is 33.8. The fourth-order valence-corrected chi connectivity index (χ4v) is 0.714. The molecule has 0 spiro atoms. The van der Waals surface area contributed by atoms with Crippen LogP contribution in [0.5, 0.6) is 0 Å². The van der Waals surface area contributed by atoms with E-state index in [4.69, 9.17) is 20.4 Å². The summed E-state index contributed by atoms with van der Waals surface area (Å²) in [7, 11) is 0. The van der Waals surface area contributed by atoms with E-state index in [0.717, 1.165) is 0 Å². The number of hydrogen-bond donors (Lipinski definition) is 4. The van der Waals surface area contributed by atoms with E-state index in [0.29, 0.717) is 0 Å². The van der Waals surface area contributed by atoms with Gasteiger partial charge in [-0.1, -0.05) is 0 Å². The number of carboxylic acid groups (broad SMARTS) is 3. The van der Waals surface area contributed by atoms with Crippen LogP contribution in [0.25, 0.3) is 0 Å². The molecule has 74 valence electrons. The van der Waals surface area contributed by atoms with Gasteiger partial charge in [0.1, 0.15) is 0 Å². The molecule has 0 unspecified atom stereocenters. The van der Waals surface area contributed by atoms with Gasteiger partial charge in [-0.05, 0) is 0 Å². The number of hydrogen-bond acceptors (Lipinski definition) is 4. The van der Waals surface area contributed by atoms with E-state index in [1.807, 2.05) is 0 Å². The van der Waals surface area contributed by atoms with Crippen LogP contribution in [0, 0.1) is 0 Å². The third kappa shape index (κ3) is 7.37. The van der Waals surface area contributed by atoms with E-state index in [9.17, 15) is 14.4 Å². The van der Waals surface area contributed by atoms with Gasteiger partial charge >= 0.3 is 55.9 Å².